The van der Waals surface area contributed by atoms with Crippen molar-refractivity contribution in [2.45, 2.75) is 25.7 Å². The fourth-order valence-corrected chi connectivity index (χ4v) is 2.43. The van der Waals surface area contributed by atoms with E-state index in [0.717, 1.165) is 11.1 Å². The van der Waals surface area contributed by atoms with E-state index in [1.807, 2.05) is 31.2 Å². The van der Waals surface area contributed by atoms with Crippen LogP contribution in [0.3, 0.4) is 0 Å². The molecule has 0 aliphatic rings. The van der Waals surface area contributed by atoms with Crippen LogP contribution >= 0.6 is 0 Å². The molecule has 20 heavy (non-hydrogen) atoms. The van der Waals surface area contributed by atoms with Crippen molar-refractivity contribution in [2.75, 3.05) is 0 Å². The highest BCUT2D eigenvalue weighted by Crippen LogP contribution is 2.30. The minimum absolute atomic E-state index is 0.217. The number of aliphatic carboxylic acids is 1. The van der Waals surface area contributed by atoms with E-state index in [-0.39, 0.29) is 12.0 Å². The molecule has 0 aromatic heterocycles. The fraction of sp³-hybridized carbons (Fsp3) is 0.235. The Morgan fingerprint density at radius 1 is 1.20 bits per heavy atom. The molecule has 2 aromatic rings. The van der Waals surface area contributed by atoms with Crippen LogP contribution in [0.25, 0.3) is 0 Å². The number of benzene rings is 2. The van der Waals surface area contributed by atoms with Crippen molar-refractivity contribution in [1.82, 2.24) is 0 Å². The molecule has 1 atom stereocenters. The van der Waals surface area contributed by atoms with Gasteiger partial charge in [-0.05, 0) is 31.9 Å². The van der Waals surface area contributed by atoms with Gasteiger partial charge in [0, 0.05) is 5.56 Å². The minimum Gasteiger partial charge on any atom is -0.481 e. The minimum atomic E-state index is -1.28. The molecule has 0 amide bonds. The summed E-state index contributed by atoms with van der Waals surface area (Å²) in [7, 11) is 0. The topological polar surface area (TPSA) is 37.3 Å². The summed E-state index contributed by atoms with van der Waals surface area (Å²) in [4.78, 5) is 11.7. The van der Waals surface area contributed by atoms with Crippen LogP contribution in [-0.2, 0) is 16.6 Å². The van der Waals surface area contributed by atoms with E-state index in [1.165, 1.54) is 6.07 Å². The predicted octanol–water partition coefficient (Wildman–Crippen LogP) is 3.72. The van der Waals surface area contributed by atoms with Crippen molar-refractivity contribution in [3.63, 3.8) is 0 Å². The second-order valence-electron chi connectivity index (χ2n) is 5.28. The van der Waals surface area contributed by atoms with Crippen molar-refractivity contribution in [1.29, 1.82) is 0 Å². The van der Waals surface area contributed by atoms with E-state index in [4.69, 9.17) is 0 Å². The summed E-state index contributed by atoms with van der Waals surface area (Å²) < 4.78 is 14.0. The Kier molecular flexibility index (Phi) is 3.89. The van der Waals surface area contributed by atoms with Crippen LogP contribution < -0.4 is 0 Å². The second kappa shape index (κ2) is 5.45. The first-order chi connectivity index (χ1) is 9.43. The summed E-state index contributed by atoms with van der Waals surface area (Å²) in [6, 6.07) is 13.7. The number of hydrogen-bond donors (Lipinski definition) is 1. The van der Waals surface area contributed by atoms with E-state index < -0.39 is 17.2 Å². The van der Waals surface area contributed by atoms with Crippen LogP contribution in [0.15, 0.2) is 48.5 Å². The highest BCUT2D eigenvalue weighted by molar-refractivity contribution is 5.81. The standard InChI is InChI=1S/C17H17FO2/c1-12-6-5-7-13(10-12)11-17(2,16(19)20)14-8-3-4-9-15(14)18/h3-10H,11H2,1-2H3,(H,19,20). The smallest absolute Gasteiger partial charge is 0.314 e. The second-order valence-corrected chi connectivity index (χ2v) is 5.28. The number of hydrogen-bond acceptors (Lipinski definition) is 1. The van der Waals surface area contributed by atoms with Gasteiger partial charge in [-0.2, -0.15) is 0 Å². The number of carbonyl (C=O) groups is 1. The molecule has 2 aromatic carbocycles. The summed E-state index contributed by atoms with van der Waals surface area (Å²) >= 11 is 0. The maximum atomic E-state index is 14.0. The normalized spacial score (nSPS) is 13.8. The SMILES string of the molecule is Cc1cccc(CC(C)(C(=O)O)c2ccccc2F)c1. The van der Waals surface area contributed by atoms with Gasteiger partial charge in [0.2, 0.25) is 0 Å². The lowest BCUT2D eigenvalue weighted by atomic mass is 9.77. The molecular weight excluding hydrogens is 255 g/mol. The molecule has 0 fully saturated rings. The third-order valence-electron chi connectivity index (χ3n) is 3.58. The molecule has 1 N–H and O–H groups in total. The highest BCUT2D eigenvalue weighted by atomic mass is 19.1. The van der Waals surface area contributed by atoms with Crippen LogP contribution in [-0.4, -0.2) is 11.1 Å². The zero-order valence-electron chi connectivity index (χ0n) is 11.6. The van der Waals surface area contributed by atoms with Crippen LogP contribution in [0.5, 0.6) is 0 Å². The average molecular weight is 272 g/mol. The lowest BCUT2D eigenvalue weighted by Gasteiger charge is -2.26. The molecule has 3 heteroatoms. The summed E-state index contributed by atoms with van der Waals surface area (Å²) in [5.41, 5.74) is 0.884. The van der Waals surface area contributed by atoms with Crippen molar-refractivity contribution in [3.05, 3.63) is 71.0 Å². The molecule has 104 valence electrons. The number of rotatable bonds is 4. The van der Waals surface area contributed by atoms with Crippen LogP contribution in [0.1, 0.15) is 23.6 Å². The van der Waals surface area contributed by atoms with Gasteiger partial charge in [-0.1, -0.05) is 48.0 Å². The van der Waals surface area contributed by atoms with Gasteiger partial charge in [-0.3, -0.25) is 4.79 Å². The summed E-state index contributed by atoms with van der Waals surface area (Å²) in [5.74, 6) is -1.51. The molecule has 0 heterocycles. The van der Waals surface area contributed by atoms with E-state index in [2.05, 4.69) is 0 Å². The average Bonchev–Trinajstić information content (AvgIpc) is 2.38. The van der Waals surface area contributed by atoms with E-state index in [1.54, 1.807) is 25.1 Å². The molecular formula is C17H17FO2. The van der Waals surface area contributed by atoms with Gasteiger partial charge >= 0.3 is 5.97 Å². The Labute approximate surface area is 117 Å². The number of carboxylic acid groups (broad SMARTS) is 1. The first-order valence-corrected chi connectivity index (χ1v) is 6.47. The number of aryl methyl sites for hydroxylation is 1. The first-order valence-electron chi connectivity index (χ1n) is 6.47. The molecule has 2 rings (SSSR count). The molecule has 0 aliphatic heterocycles. The van der Waals surface area contributed by atoms with Crippen molar-refractivity contribution < 1.29 is 14.3 Å². The van der Waals surface area contributed by atoms with E-state index in [9.17, 15) is 14.3 Å². The van der Waals surface area contributed by atoms with Crippen molar-refractivity contribution in [2.24, 2.45) is 0 Å². The lowest BCUT2D eigenvalue weighted by Crippen LogP contribution is -2.35. The third kappa shape index (κ3) is 2.72. The maximum absolute atomic E-state index is 14.0. The lowest BCUT2D eigenvalue weighted by molar-refractivity contribution is -0.143. The van der Waals surface area contributed by atoms with Gasteiger partial charge < -0.3 is 5.11 Å². The molecule has 0 radical (unpaired) electrons. The van der Waals surface area contributed by atoms with Crippen molar-refractivity contribution in [3.8, 4) is 0 Å². The monoisotopic (exact) mass is 272 g/mol. The molecule has 1 unspecified atom stereocenters. The van der Waals surface area contributed by atoms with Crippen LogP contribution in [0.4, 0.5) is 4.39 Å². The van der Waals surface area contributed by atoms with E-state index in [0.29, 0.717) is 0 Å². The Hall–Kier alpha value is -2.16. The van der Waals surface area contributed by atoms with Gasteiger partial charge in [0.05, 0.1) is 5.41 Å². The Morgan fingerprint density at radius 2 is 1.90 bits per heavy atom. The predicted molar refractivity (Wildman–Crippen MR) is 76.3 cm³/mol. The Balaban J connectivity index is 2.46. The largest absolute Gasteiger partial charge is 0.481 e. The molecule has 0 saturated heterocycles. The van der Waals surface area contributed by atoms with Gasteiger partial charge in [-0.15, -0.1) is 0 Å². The molecule has 0 saturated carbocycles. The molecule has 0 bridgehead atoms. The zero-order chi connectivity index (χ0) is 14.8. The summed E-state index contributed by atoms with van der Waals surface area (Å²) in [5, 5.41) is 9.57. The summed E-state index contributed by atoms with van der Waals surface area (Å²) in [6.07, 6.45) is 0.255. The number of carboxylic acids is 1. The van der Waals surface area contributed by atoms with Gasteiger partial charge in [0.1, 0.15) is 5.82 Å². The quantitative estimate of drug-likeness (QED) is 0.921. The number of halogens is 1. The molecule has 2 nitrogen and oxygen atoms in total. The van der Waals surface area contributed by atoms with Gasteiger partial charge in [0.15, 0.2) is 0 Å². The van der Waals surface area contributed by atoms with E-state index >= 15 is 0 Å². The first kappa shape index (κ1) is 14.3. The van der Waals surface area contributed by atoms with Crippen LogP contribution in [0.2, 0.25) is 0 Å². The summed E-state index contributed by atoms with van der Waals surface area (Å²) in [6.45, 7) is 3.51. The van der Waals surface area contributed by atoms with Crippen LogP contribution in [0, 0.1) is 12.7 Å². The highest BCUT2D eigenvalue weighted by Gasteiger charge is 2.37. The maximum Gasteiger partial charge on any atom is 0.314 e. The fourth-order valence-electron chi connectivity index (χ4n) is 2.43. The third-order valence-corrected chi connectivity index (χ3v) is 3.58. The molecule has 0 aliphatic carbocycles. The van der Waals surface area contributed by atoms with Crippen molar-refractivity contribution >= 4 is 5.97 Å². The zero-order valence-corrected chi connectivity index (χ0v) is 11.6. The molecule has 0 spiro atoms. The Morgan fingerprint density at radius 3 is 2.50 bits per heavy atom. The van der Waals surface area contributed by atoms with Gasteiger partial charge in [-0.25, -0.2) is 4.39 Å². The van der Waals surface area contributed by atoms with Gasteiger partial charge in [0.25, 0.3) is 0 Å². The Bertz CT molecular complexity index is 636.